The minimum absolute atomic E-state index is 0.0582. The van der Waals surface area contributed by atoms with Crippen LogP contribution in [0.25, 0.3) is 0 Å². The lowest BCUT2D eigenvalue weighted by atomic mass is 10.2. The molecule has 1 aromatic heterocycles. The van der Waals surface area contributed by atoms with Crippen molar-refractivity contribution in [2.24, 2.45) is 0 Å². The lowest BCUT2D eigenvalue weighted by molar-refractivity contribution is -0.138. The Morgan fingerprint density at radius 2 is 2.10 bits per heavy atom. The van der Waals surface area contributed by atoms with E-state index in [1.54, 1.807) is 19.2 Å². The van der Waals surface area contributed by atoms with Gasteiger partial charge in [-0.25, -0.2) is 0 Å². The van der Waals surface area contributed by atoms with Crippen molar-refractivity contribution in [3.63, 3.8) is 0 Å². The third kappa shape index (κ3) is 5.83. The zero-order valence-corrected chi connectivity index (χ0v) is 12.1. The van der Waals surface area contributed by atoms with Crippen LogP contribution in [0.15, 0.2) is 17.5 Å². The maximum Gasteiger partial charge on any atom is 0.305 e. The fourth-order valence-electron chi connectivity index (χ4n) is 1.52. The second-order valence-corrected chi connectivity index (χ2v) is 5.24. The summed E-state index contributed by atoms with van der Waals surface area (Å²) in [7, 11) is 1.58. The van der Waals surface area contributed by atoms with Crippen LogP contribution in [0.2, 0.25) is 0 Å². The fourth-order valence-corrected chi connectivity index (χ4v) is 2.16. The molecule has 2 N–H and O–H groups in total. The predicted octanol–water partition coefficient (Wildman–Crippen LogP) is 1.19. The molecule has 0 spiro atoms. The molecule has 0 aromatic carbocycles. The highest BCUT2D eigenvalue weighted by atomic mass is 32.1. The van der Waals surface area contributed by atoms with Crippen LogP contribution in [0.1, 0.15) is 28.9 Å². The summed E-state index contributed by atoms with van der Waals surface area (Å²) >= 11 is 1.37. The number of aliphatic carboxylic acids is 1. The van der Waals surface area contributed by atoms with Gasteiger partial charge in [0, 0.05) is 26.6 Å². The van der Waals surface area contributed by atoms with Crippen molar-refractivity contribution >= 4 is 29.1 Å². The summed E-state index contributed by atoms with van der Waals surface area (Å²) in [4.78, 5) is 35.7. The highest BCUT2D eigenvalue weighted by Crippen LogP contribution is 2.07. The molecule has 0 bridgehead atoms. The number of thiophene rings is 1. The molecule has 0 radical (unpaired) electrons. The molecule has 6 nitrogen and oxygen atoms in total. The Kier molecular flexibility index (Phi) is 6.72. The van der Waals surface area contributed by atoms with E-state index in [0.29, 0.717) is 24.3 Å². The second kappa shape index (κ2) is 8.31. The molecule has 1 aromatic rings. The van der Waals surface area contributed by atoms with E-state index < -0.39 is 5.97 Å². The molecule has 0 atom stereocenters. The van der Waals surface area contributed by atoms with Gasteiger partial charge in [0.1, 0.15) is 0 Å². The molecular weight excluding hydrogens is 280 g/mol. The van der Waals surface area contributed by atoms with Gasteiger partial charge in [0.2, 0.25) is 5.91 Å². The quantitative estimate of drug-likeness (QED) is 0.706. The van der Waals surface area contributed by atoms with E-state index in [1.165, 1.54) is 16.2 Å². The zero-order chi connectivity index (χ0) is 15.0. The van der Waals surface area contributed by atoms with Crippen LogP contribution < -0.4 is 5.32 Å². The van der Waals surface area contributed by atoms with Crippen molar-refractivity contribution in [3.8, 4) is 0 Å². The summed E-state index contributed by atoms with van der Waals surface area (Å²) in [5.74, 6) is -1.17. The molecule has 1 heterocycles. The number of carbonyl (C=O) groups excluding carboxylic acids is 2. The van der Waals surface area contributed by atoms with Crippen LogP contribution in [-0.2, 0) is 9.59 Å². The minimum atomic E-state index is -0.923. The van der Waals surface area contributed by atoms with Gasteiger partial charge in [-0.15, -0.1) is 11.3 Å². The summed E-state index contributed by atoms with van der Waals surface area (Å²) in [6, 6.07) is 3.55. The highest BCUT2D eigenvalue weighted by molar-refractivity contribution is 7.12. The van der Waals surface area contributed by atoms with Gasteiger partial charge in [-0.2, -0.15) is 0 Å². The van der Waals surface area contributed by atoms with Gasteiger partial charge in [-0.3, -0.25) is 14.4 Å². The molecule has 0 fully saturated rings. The standard InChI is InChI=1S/C13H18N2O4S/c1-15(8-6-12(17)18)11(16)5-2-7-14-13(19)10-4-3-9-20-10/h3-4,9H,2,5-8H2,1H3,(H,14,19)(H,17,18). The lowest BCUT2D eigenvalue weighted by Gasteiger charge is -2.15. The van der Waals surface area contributed by atoms with Crippen molar-refractivity contribution in [2.45, 2.75) is 19.3 Å². The Balaban J connectivity index is 2.15. The van der Waals surface area contributed by atoms with Crippen LogP contribution in [0.5, 0.6) is 0 Å². The normalized spacial score (nSPS) is 10.1. The number of nitrogens with one attached hydrogen (secondary N) is 1. The second-order valence-electron chi connectivity index (χ2n) is 4.30. The molecule has 2 amide bonds. The summed E-state index contributed by atoms with van der Waals surface area (Å²) in [6.07, 6.45) is 0.769. The van der Waals surface area contributed by atoms with Crippen LogP contribution in [0.3, 0.4) is 0 Å². The first-order valence-electron chi connectivity index (χ1n) is 6.28. The van der Waals surface area contributed by atoms with Crippen LogP contribution in [0, 0.1) is 0 Å². The van der Waals surface area contributed by atoms with Gasteiger partial charge in [0.15, 0.2) is 0 Å². The molecule has 0 aliphatic carbocycles. The zero-order valence-electron chi connectivity index (χ0n) is 11.3. The number of carbonyl (C=O) groups is 3. The average molecular weight is 298 g/mol. The number of hydrogen-bond donors (Lipinski definition) is 2. The SMILES string of the molecule is CN(CCC(=O)O)C(=O)CCCNC(=O)c1cccs1. The molecule has 1 rings (SSSR count). The molecular formula is C13H18N2O4S. The van der Waals surface area contributed by atoms with E-state index in [-0.39, 0.29) is 24.8 Å². The monoisotopic (exact) mass is 298 g/mol. The number of carboxylic acid groups (broad SMARTS) is 1. The highest BCUT2D eigenvalue weighted by Gasteiger charge is 2.10. The minimum Gasteiger partial charge on any atom is -0.481 e. The van der Waals surface area contributed by atoms with E-state index >= 15 is 0 Å². The Hall–Kier alpha value is -1.89. The third-order valence-electron chi connectivity index (χ3n) is 2.68. The molecule has 0 aliphatic heterocycles. The molecule has 0 aliphatic rings. The molecule has 0 saturated heterocycles. The molecule has 0 unspecified atom stereocenters. The van der Waals surface area contributed by atoms with Crippen LogP contribution in [-0.4, -0.2) is 47.9 Å². The molecule has 7 heteroatoms. The average Bonchev–Trinajstić information content (AvgIpc) is 2.94. The van der Waals surface area contributed by atoms with Crippen LogP contribution >= 0.6 is 11.3 Å². The van der Waals surface area contributed by atoms with E-state index in [2.05, 4.69) is 5.32 Å². The van der Waals surface area contributed by atoms with Gasteiger partial charge in [-0.1, -0.05) is 6.07 Å². The number of amides is 2. The predicted molar refractivity (Wildman–Crippen MR) is 75.8 cm³/mol. The number of hydrogen-bond acceptors (Lipinski definition) is 4. The Morgan fingerprint density at radius 3 is 2.70 bits per heavy atom. The van der Waals surface area contributed by atoms with Crippen molar-refractivity contribution in [2.75, 3.05) is 20.1 Å². The van der Waals surface area contributed by atoms with E-state index in [1.807, 2.05) is 5.38 Å². The smallest absolute Gasteiger partial charge is 0.305 e. The third-order valence-corrected chi connectivity index (χ3v) is 3.55. The Morgan fingerprint density at radius 1 is 1.35 bits per heavy atom. The summed E-state index contributed by atoms with van der Waals surface area (Å²) in [6.45, 7) is 0.630. The van der Waals surface area contributed by atoms with Gasteiger partial charge in [-0.05, 0) is 17.9 Å². The summed E-state index contributed by atoms with van der Waals surface area (Å²) in [5.41, 5.74) is 0. The van der Waals surface area contributed by atoms with Gasteiger partial charge in [0.25, 0.3) is 5.91 Å². The fraction of sp³-hybridized carbons (Fsp3) is 0.462. The van der Waals surface area contributed by atoms with Crippen molar-refractivity contribution in [3.05, 3.63) is 22.4 Å². The maximum atomic E-state index is 11.7. The molecule has 0 saturated carbocycles. The number of carboxylic acids is 1. The Bertz CT molecular complexity index is 459. The van der Waals surface area contributed by atoms with E-state index in [4.69, 9.17) is 5.11 Å². The topological polar surface area (TPSA) is 86.7 Å². The molecule has 110 valence electrons. The van der Waals surface area contributed by atoms with Crippen molar-refractivity contribution in [1.29, 1.82) is 0 Å². The first-order chi connectivity index (χ1) is 9.50. The van der Waals surface area contributed by atoms with Gasteiger partial charge >= 0.3 is 5.97 Å². The van der Waals surface area contributed by atoms with E-state index in [0.717, 1.165) is 0 Å². The number of nitrogens with zero attached hydrogens (tertiary/aromatic N) is 1. The Labute approximate surface area is 121 Å². The van der Waals surface area contributed by atoms with Crippen molar-refractivity contribution in [1.82, 2.24) is 10.2 Å². The van der Waals surface area contributed by atoms with Crippen molar-refractivity contribution < 1.29 is 19.5 Å². The van der Waals surface area contributed by atoms with Gasteiger partial charge in [0.05, 0.1) is 11.3 Å². The first-order valence-corrected chi connectivity index (χ1v) is 7.16. The summed E-state index contributed by atoms with van der Waals surface area (Å²) in [5, 5.41) is 13.1. The largest absolute Gasteiger partial charge is 0.481 e. The van der Waals surface area contributed by atoms with E-state index in [9.17, 15) is 14.4 Å². The first kappa shape index (κ1) is 16.2. The molecule has 20 heavy (non-hydrogen) atoms. The van der Waals surface area contributed by atoms with Crippen LogP contribution in [0.4, 0.5) is 0 Å². The lowest BCUT2D eigenvalue weighted by Crippen LogP contribution is -2.30. The number of rotatable bonds is 8. The summed E-state index contributed by atoms with van der Waals surface area (Å²) < 4.78 is 0. The van der Waals surface area contributed by atoms with Gasteiger partial charge < -0.3 is 15.3 Å². The maximum absolute atomic E-state index is 11.7.